The van der Waals surface area contributed by atoms with Crippen molar-refractivity contribution >= 4 is 0 Å². The maximum absolute atomic E-state index is 9.33. The standard InChI is InChI=1S/C5H8N4O/c1-5(10)2-4(5)9-7-3-6-8-9/h3-4,10H,2H2,1H3. The van der Waals surface area contributed by atoms with E-state index in [1.807, 2.05) is 0 Å². The molecule has 0 amide bonds. The van der Waals surface area contributed by atoms with Gasteiger partial charge in [0.1, 0.15) is 6.04 Å². The highest BCUT2D eigenvalue weighted by atomic mass is 16.3. The molecular weight excluding hydrogens is 132 g/mol. The zero-order valence-corrected chi connectivity index (χ0v) is 5.60. The zero-order valence-electron chi connectivity index (χ0n) is 5.60. The van der Waals surface area contributed by atoms with Gasteiger partial charge in [-0.1, -0.05) is 0 Å². The minimum Gasteiger partial charge on any atom is -0.388 e. The fraction of sp³-hybridized carbons (Fsp3) is 0.800. The number of tetrazole rings is 1. The van der Waals surface area contributed by atoms with Gasteiger partial charge in [0.05, 0.1) is 5.60 Å². The van der Waals surface area contributed by atoms with Crippen LogP contribution in [0.4, 0.5) is 0 Å². The number of nitrogens with zero attached hydrogens (tertiary/aromatic N) is 4. The van der Waals surface area contributed by atoms with Crippen molar-refractivity contribution in [1.29, 1.82) is 0 Å². The lowest BCUT2D eigenvalue weighted by molar-refractivity contribution is 0.147. The summed E-state index contributed by atoms with van der Waals surface area (Å²) in [5.41, 5.74) is -0.610. The summed E-state index contributed by atoms with van der Waals surface area (Å²) in [6, 6.07) is 0.0370. The minimum atomic E-state index is -0.610. The number of rotatable bonds is 1. The molecule has 10 heavy (non-hydrogen) atoms. The van der Waals surface area contributed by atoms with Crippen LogP contribution >= 0.6 is 0 Å². The van der Waals surface area contributed by atoms with Crippen LogP contribution in [0.15, 0.2) is 6.33 Å². The first-order valence-electron chi connectivity index (χ1n) is 3.15. The third-order valence-electron chi connectivity index (χ3n) is 1.81. The Balaban J connectivity index is 2.19. The van der Waals surface area contributed by atoms with Gasteiger partial charge < -0.3 is 5.11 Å². The van der Waals surface area contributed by atoms with E-state index in [9.17, 15) is 5.11 Å². The lowest BCUT2D eigenvalue weighted by atomic mass is 10.4. The van der Waals surface area contributed by atoms with Crippen molar-refractivity contribution in [2.45, 2.75) is 25.0 Å². The Morgan fingerprint density at radius 2 is 2.50 bits per heavy atom. The van der Waals surface area contributed by atoms with E-state index in [0.717, 1.165) is 6.42 Å². The van der Waals surface area contributed by atoms with Crippen LogP contribution in [0.2, 0.25) is 0 Å². The molecule has 1 heterocycles. The van der Waals surface area contributed by atoms with Crippen LogP contribution in [0.25, 0.3) is 0 Å². The highest BCUT2D eigenvalue weighted by molar-refractivity contribution is 5.01. The first-order chi connectivity index (χ1) is 4.70. The Hall–Kier alpha value is -0.970. The molecule has 1 aromatic rings. The number of hydrogen-bond acceptors (Lipinski definition) is 4. The molecule has 0 spiro atoms. The number of aliphatic hydroxyl groups is 1. The Kier molecular flexibility index (Phi) is 0.894. The van der Waals surface area contributed by atoms with Gasteiger partial charge in [-0.2, -0.15) is 4.80 Å². The third-order valence-corrected chi connectivity index (χ3v) is 1.81. The average molecular weight is 140 g/mol. The molecular formula is C5H8N4O. The molecule has 1 saturated carbocycles. The first kappa shape index (κ1) is 5.79. The molecule has 0 aromatic carbocycles. The first-order valence-corrected chi connectivity index (χ1v) is 3.15. The second-order valence-corrected chi connectivity index (χ2v) is 2.83. The van der Waals surface area contributed by atoms with Crippen molar-refractivity contribution < 1.29 is 5.11 Å². The Morgan fingerprint density at radius 3 is 2.90 bits per heavy atom. The largest absolute Gasteiger partial charge is 0.388 e. The van der Waals surface area contributed by atoms with Crippen LogP contribution in [-0.2, 0) is 0 Å². The monoisotopic (exact) mass is 140 g/mol. The molecule has 54 valence electrons. The summed E-state index contributed by atoms with van der Waals surface area (Å²) in [6.45, 7) is 1.76. The predicted molar refractivity (Wildman–Crippen MR) is 32.1 cm³/mol. The average Bonchev–Trinajstić information content (AvgIpc) is 2.31. The molecule has 5 heteroatoms. The minimum absolute atomic E-state index is 0.0370. The van der Waals surface area contributed by atoms with Crippen LogP contribution in [0.3, 0.4) is 0 Å². The van der Waals surface area contributed by atoms with Crippen LogP contribution in [0.5, 0.6) is 0 Å². The van der Waals surface area contributed by atoms with Crippen molar-refractivity contribution in [2.75, 3.05) is 0 Å². The van der Waals surface area contributed by atoms with Gasteiger partial charge >= 0.3 is 0 Å². The summed E-state index contributed by atoms with van der Waals surface area (Å²) in [5, 5.41) is 20.4. The van der Waals surface area contributed by atoms with E-state index in [2.05, 4.69) is 15.4 Å². The SMILES string of the molecule is CC1(O)CC1n1ncnn1. The summed E-state index contributed by atoms with van der Waals surface area (Å²) in [7, 11) is 0. The molecule has 1 aromatic heterocycles. The van der Waals surface area contributed by atoms with Crippen molar-refractivity contribution in [3.63, 3.8) is 0 Å². The van der Waals surface area contributed by atoms with E-state index < -0.39 is 5.60 Å². The summed E-state index contributed by atoms with van der Waals surface area (Å²) >= 11 is 0. The lowest BCUT2D eigenvalue weighted by Gasteiger charge is -1.98. The molecule has 1 fully saturated rings. The van der Waals surface area contributed by atoms with E-state index in [-0.39, 0.29) is 6.04 Å². The van der Waals surface area contributed by atoms with E-state index in [0.29, 0.717) is 0 Å². The number of hydrogen-bond donors (Lipinski definition) is 1. The van der Waals surface area contributed by atoms with Gasteiger partial charge in [0.2, 0.25) is 0 Å². The number of aromatic nitrogens is 4. The second-order valence-electron chi connectivity index (χ2n) is 2.83. The van der Waals surface area contributed by atoms with Gasteiger partial charge in [0.15, 0.2) is 6.33 Å². The second kappa shape index (κ2) is 1.54. The fourth-order valence-corrected chi connectivity index (χ4v) is 0.981. The highest BCUT2D eigenvalue weighted by Crippen LogP contribution is 2.45. The summed E-state index contributed by atoms with van der Waals surface area (Å²) in [6.07, 6.45) is 2.09. The van der Waals surface area contributed by atoms with Crippen molar-refractivity contribution in [3.8, 4) is 0 Å². The molecule has 1 N–H and O–H groups in total. The van der Waals surface area contributed by atoms with E-state index in [4.69, 9.17) is 0 Å². The van der Waals surface area contributed by atoms with Crippen LogP contribution in [0, 0.1) is 0 Å². The van der Waals surface area contributed by atoms with Crippen LogP contribution in [0.1, 0.15) is 19.4 Å². The Bertz CT molecular complexity index is 230. The van der Waals surface area contributed by atoms with Gasteiger partial charge in [-0.25, -0.2) is 0 Å². The van der Waals surface area contributed by atoms with E-state index >= 15 is 0 Å². The quantitative estimate of drug-likeness (QED) is 0.564. The Labute approximate surface area is 57.7 Å². The van der Waals surface area contributed by atoms with Gasteiger partial charge in [-0.05, 0) is 12.1 Å². The summed E-state index contributed by atoms with van der Waals surface area (Å²) in [5.74, 6) is 0. The molecule has 2 rings (SSSR count). The molecule has 2 atom stereocenters. The van der Waals surface area contributed by atoms with E-state index in [1.165, 1.54) is 11.1 Å². The maximum atomic E-state index is 9.33. The normalized spacial score (nSPS) is 38.0. The molecule has 5 nitrogen and oxygen atoms in total. The van der Waals surface area contributed by atoms with Crippen molar-refractivity contribution in [1.82, 2.24) is 20.2 Å². The predicted octanol–water partition coefficient (Wildman–Crippen LogP) is -0.631. The van der Waals surface area contributed by atoms with Crippen molar-refractivity contribution in [2.24, 2.45) is 0 Å². The highest BCUT2D eigenvalue weighted by Gasteiger charge is 2.51. The van der Waals surface area contributed by atoms with Gasteiger partial charge in [-0.3, -0.25) is 0 Å². The lowest BCUT2D eigenvalue weighted by Crippen LogP contribution is -2.10. The van der Waals surface area contributed by atoms with Crippen molar-refractivity contribution in [3.05, 3.63) is 6.33 Å². The zero-order chi connectivity index (χ0) is 7.19. The summed E-state index contributed by atoms with van der Waals surface area (Å²) in [4.78, 5) is 1.44. The summed E-state index contributed by atoms with van der Waals surface area (Å²) < 4.78 is 0. The molecule has 2 unspecified atom stereocenters. The van der Waals surface area contributed by atoms with Crippen LogP contribution < -0.4 is 0 Å². The fourth-order valence-electron chi connectivity index (χ4n) is 0.981. The van der Waals surface area contributed by atoms with Gasteiger partial charge in [0.25, 0.3) is 0 Å². The molecule has 0 bridgehead atoms. The molecule has 1 aliphatic rings. The smallest absolute Gasteiger partial charge is 0.162 e. The molecule has 1 aliphatic carbocycles. The third kappa shape index (κ3) is 0.706. The topological polar surface area (TPSA) is 63.8 Å². The van der Waals surface area contributed by atoms with Crippen LogP contribution in [-0.4, -0.2) is 30.9 Å². The van der Waals surface area contributed by atoms with Gasteiger partial charge in [0, 0.05) is 6.42 Å². The molecule has 0 aliphatic heterocycles. The Morgan fingerprint density at radius 1 is 1.80 bits per heavy atom. The van der Waals surface area contributed by atoms with Gasteiger partial charge in [-0.15, -0.1) is 10.2 Å². The van der Waals surface area contributed by atoms with E-state index in [1.54, 1.807) is 6.92 Å². The maximum Gasteiger partial charge on any atom is 0.162 e. The molecule has 0 saturated heterocycles. The molecule has 0 radical (unpaired) electrons.